The molecule has 1 aliphatic heterocycles. The molecule has 1 N–H and O–H groups in total. The van der Waals surface area contributed by atoms with Gasteiger partial charge < -0.3 is 4.90 Å². The van der Waals surface area contributed by atoms with Crippen LogP contribution in [0.2, 0.25) is 0 Å². The van der Waals surface area contributed by atoms with Crippen LogP contribution in [0.15, 0.2) is 48.3 Å². The number of anilines is 1. The second-order valence-electron chi connectivity index (χ2n) is 6.79. The molecule has 0 atom stereocenters. The molecule has 4 rings (SSSR count). The zero-order chi connectivity index (χ0) is 19.5. The topological polar surface area (TPSA) is 87.7 Å². The van der Waals surface area contributed by atoms with Crippen LogP contribution >= 0.6 is 0 Å². The van der Waals surface area contributed by atoms with Crippen molar-refractivity contribution in [3.8, 4) is 0 Å². The number of carbonyl (C=O) groups is 1. The number of H-pyrrole nitrogens is 1. The van der Waals surface area contributed by atoms with Crippen LogP contribution in [0.1, 0.15) is 34.8 Å². The van der Waals surface area contributed by atoms with Crippen LogP contribution in [0.3, 0.4) is 0 Å². The van der Waals surface area contributed by atoms with Crippen molar-refractivity contribution in [2.24, 2.45) is 0 Å². The van der Waals surface area contributed by atoms with E-state index in [0.717, 1.165) is 30.3 Å². The Hall–Kier alpha value is -3.42. The Morgan fingerprint density at radius 2 is 2.07 bits per heavy atom. The Labute approximate surface area is 161 Å². The highest BCUT2D eigenvalue weighted by Gasteiger charge is 2.21. The molecule has 0 amide bonds. The van der Waals surface area contributed by atoms with E-state index in [1.165, 1.54) is 23.4 Å². The lowest BCUT2D eigenvalue weighted by Gasteiger charge is -2.29. The molecule has 0 spiro atoms. The van der Waals surface area contributed by atoms with Crippen molar-refractivity contribution in [3.05, 3.63) is 70.8 Å². The van der Waals surface area contributed by atoms with E-state index in [2.05, 4.69) is 37.4 Å². The Morgan fingerprint density at radius 1 is 1.25 bits per heavy atom. The smallest absolute Gasteiger partial charge is 0.266 e. The molecule has 0 saturated carbocycles. The molecule has 0 saturated heterocycles. The fraction of sp³-hybridized carbons (Fsp3) is 0.250. The van der Waals surface area contributed by atoms with Gasteiger partial charge in [0.05, 0.1) is 11.8 Å². The number of hydrogen-bond acceptors (Lipinski definition) is 6. The lowest BCUT2D eigenvalue weighted by Crippen LogP contribution is -2.31. The monoisotopic (exact) mass is 378 g/mol. The summed E-state index contributed by atoms with van der Waals surface area (Å²) in [4.78, 5) is 18.1. The molecule has 28 heavy (non-hydrogen) atoms. The number of carbonyl (C=O) groups excluding carboxylic acids is 1. The molecule has 0 radical (unpaired) electrons. The lowest BCUT2D eigenvalue weighted by molar-refractivity contribution is 0.0989. The minimum absolute atomic E-state index is 0.0701. The summed E-state index contributed by atoms with van der Waals surface area (Å²) in [6.07, 6.45) is 3.55. The van der Waals surface area contributed by atoms with E-state index in [1.54, 1.807) is 0 Å². The van der Waals surface area contributed by atoms with Gasteiger partial charge in [-0.2, -0.15) is 5.21 Å². The van der Waals surface area contributed by atoms with E-state index in [9.17, 15) is 9.18 Å². The largest absolute Gasteiger partial charge is 0.334 e. The third-order valence-electron chi connectivity index (χ3n) is 4.98. The zero-order valence-electron chi connectivity index (χ0n) is 15.4. The maximum atomic E-state index is 13.7. The second-order valence-corrected chi connectivity index (χ2v) is 6.79. The van der Waals surface area contributed by atoms with Gasteiger partial charge in [-0.1, -0.05) is 34.9 Å². The van der Waals surface area contributed by atoms with Crippen LogP contribution < -0.4 is 4.90 Å². The van der Waals surface area contributed by atoms with Crippen molar-refractivity contribution in [2.75, 3.05) is 18.0 Å². The van der Waals surface area contributed by atoms with E-state index in [1.807, 2.05) is 24.3 Å². The van der Waals surface area contributed by atoms with Crippen LogP contribution in [0.5, 0.6) is 0 Å². The van der Waals surface area contributed by atoms with E-state index >= 15 is 0 Å². The summed E-state index contributed by atoms with van der Waals surface area (Å²) < 4.78 is 13.7. The minimum atomic E-state index is -0.589. The molecular weight excluding hydrogens is 359 g/mol. The SMILES string of the molecule is CC1=C(c2ccc(CC(=O)c3ccncc3F)cc2)CN(c2nn[nH]n2)CC1. The van der Waals surface area contributed by atoms with Crippen LogP contribution in [-0.2, 0) is 6.42 Å². The maximum Gasteiger partial charge on any atom is 0.266 e. The predicted octanol–water partition coefficient (Wildman–Crippen LogP) is 2.84. The second kappa shape index (κ2) is 7.67. The first kappa shape index (κ1) is 18.0. The molecule has 1 aliphatic rings. The summed E-state index contributed by atoms with van der Waals surface area (Å²) in [5.41, 5.74) is 4.54. The number of halogens is 1. The van der Waals surface area contributed by atoms with Crippen molar-refractivity contribution in [1.29, 1.82) is 0 Å². The van der Waals surface area contributed by atoms with Crippen molar-refractivity contribution >= 4 is 17.3 Å². The fourth-order valence-corrected chi connectivity index (χ4v) is 3.36. The average Bonchev–Trinajstić information content (AvgIpc) is 3.24. The van der Waals surface area contributed by atoms with Gasteiger partial charge >= 0.3 is 0 Å². The van der Waals surface area contributed by atoms with Gasteiger partial charge in [-0.25, -0.2) is 4.39 Å². The van der Waals surface area contributed by atoms with Gasteiger partial charge in [0.25, 0.3) is 5.95 Å². The number of Topliss-reactive ketones (excluding diaryl/α,β-unsaturated/α-hetero) is 1. The normalized spacial score (nSPS) is 14.4. The van der Waals surface area contributed by atoms with Gasteiger partial charge in [0, 0.05) is 25.7 Å². The molecule has 0 bridgehead atoms. The lowest BCUT2D eigenvalue weighted by atomic mass is 9.93. The first-order valence-electron chi connectivity index (χ1n) is 9.01. The van der Waals surface area contributed by atoms with E-state index in [0.29, 0.717) is 12.5 Å². The van der Waals surface area contributed by atoms with Crippen LogP contribution in [0.4, 0.5) is 10.3 Å². The number of ketones is 1. The number of rotatable bonds is 5. The van der Waals surface area contributed by atoms with Gasteiger partial charge in [-0.3, -0.25) is 9.78 Å². The molecule has 1 aromatic carbocycles. The third-order valence-corrected chi connectivity index (χ3v) is 4.98. The number of aromatic nitrogens is 5. The summed E-state index contributed by atoms with van der Waals surface area (Å²) in [5, 5.41) is 14.2. The van der Waals surface area contributed by atoms with Crippen LogP contribution in [0.25, 0.3) is 5.57 Å². The third kappa shape index (κ3) is 3.66. The maximum absolute atomic E-state index is 13.7. The first-order chi connectivity index (χ1) is 13.6. The summed E-state index contributed by atoms with van der Waals surface area (Å²) in [6.45, 7) is 3.68. The summed E-state index contributed by atoms with van der Waals surface area (Å²) >= 11 is 0. The van der Waals surface area contributed by atoms with Gasteiger partial charge in [-0.05, 0) is 41.3 Å². The highest BCUT2D eigenvalue weighted by atomic mass is 19.1. The summed E-state index contributed by atoms with van der Waals surface area (Å²) in [5.74, 6) is -0.260. The van der Waals surface area contributed by atoms with E-state index in [4.69, 9.17) is 0 Å². The standard InChI is InChI=1S/C20H19FN6O/c1-13-7-9-27(20-23-25-26-24-20)12-17(13)15-4-2-14(3-5-15)10-19(28)16-6-8-22-11-18(16)21/h2-6,8,11H,7,9-10,12H2,1H3,(H,23,24,25,26). The number of nitrogens with one attached hydrogen (secondary N) is 1. The summed E-state index contributed by atoms with van der Waals surface area (Å²) in [6, 6.07) is 9.25. The Bertz CT molecular complexity index is 1010. The Morgan fingerprint density at radius 3 is 2.79 bits per heavy atom. The van der Waals surface area contributed by atoms with Gasteiger partial charge in [0.15, 0.2) is 11.6 Å². The van der Waals surface area contributed by atoms with Crippen molar-refractivity contribution in [1.82, 2.24) is 25.6 Å². The first-order valence-corrected chi connectivity index (χ1v) is 9.01. The number of tetrazole rings is 1. The van der Waals surface area contributed by atoms with Crippen LogP contribution in [0, 0.1) is 5.82 Å². The fourth-order valence-electron chi connectivity index (χ4n) is 3.36. The Kier molecular flexibility index (Phi) is 4.92. The molecule has 3 aromatic rings. The highest BCUT2D eigenvalue weighted by Crippen LogP contribution is 2.28. The van der Waals surface area contributed by atoms with Gasteiger partial charge in [-0.15, -0.1) is 5.10 Å². The molecule has 0 unspecified atom stereocenters. The van der Waals surface area contributed by atoms with Gasteiger partial charge in [0.1, 0.15) is 0 Å². The Balaban J connectivity index is 1.50. The number of hydrogen-bond donors (Lipinski definition) is 1. The number of pyridine rings is 1. The van der Waals surface area contributed by atoms with E-state index in [-0.39, 0.29) is 17.8 Å². The molecule has 7 nitrogen and oxygen atoms in total. The average molecular weight is 378 g/mol. The molecule has 2 aromatic heterocycles. The van der Waals surface area contributed by atoms with Crippen molar-refractivity contribution in [2.45, 2.75) is 19.8 Å². The molecule has 3 heterocycles. The van der Waals surface area contributed by atoms with E-state index < -0.39 is 5.82 Å². The van der Waals surface area contributed by atoms with Crippen molar-refractivity contribution < 1.29 is 9.18 Å². The number of aromatic amines is 1. The predicted molar refractivity (Wildman–Crippen MR) is 102 cm³/mol. The number of benzene rings is 1. The molecule has 8 heteroatoms. The van der Waals surface area contributed by atoms with Crippen LogP contribution in [-0.4, -0.2) is 44.5 Å². The molecule has 0 aliphatic carbocycles. The summed E-state index contributed by atoms with van der Waals surface area (Å²) in [7, 11) is 0. The quantitative estimate of drug-likeness (QED) is 0.687. The molecule has 142 valence electrons. The zero-order valence-corrected chi connectivity index (χ0v) is 15.4. The molecular formula is C20H19FN6O. The number of nitrogens with zero attached hydrogens (tertiary/aromatic N) is 5. The van der Waals surface area contributed by atoms with Crippen molar-refractivity contribution in [3.63, 3.8) is 0 Å². The molecule has 0 fully saturated rings. The highest BCUT2D eigenvalue weighted by molar-refractivity contribution is 5.97. The minimum Gasteiger partial charge on any atom is -0.334 e. The van der Waals surface area contributed by atoms with Gasteiger partial charge in [0.2, 0.25) is 0 Å².